The first kappa shape index (κ1) is 12.3. The third-order valence-corrected chi connectivity index (χ3v) is 5.77. The number of nitrogens with zero attached hydrogens (tertiary/aromatic N) is 1. The van der Waals surface area contributed by atoms with E-state index < -0.39 is 10.0 Å². The van der Waals surface area contributed by atoms with Crippen LogP contribution >= 0.6 is 22.9 Å². The molecular formula is C9H13ClN2O2S2. The Labute approximate surface area is 104 Å². The van der Waals surface area contributed by atoms with E-state index in [9.17, 15) is 8.42 Å². The quantitative estimate of drug-likeness (QED) is 0.910. The molecule has 1 N–H and O–H groups in total. The van der Waals surface area contributed by atoms with Gasteiger partial charge in [-0.3, -0.25) is 0 Å². The molecule has 1 aromatic heterocycles. The highest BCUT2D eigenvalue weighted by Crippen LogP contribution is 2.25. The fourth-order valence-corrected chi connectivity index (χ4v) is 4.51. The predicted molar refractivity (Wildman–Crippen MR) is 65.6 cm³/mol. The van der Waals surface area contributed by atoms with Crippen molar-refractivity contribution in [3.05, 3.63) is 16.5 Å². The average molecular weight is 281 g/mol. The Bertz CT molecular complexity index is 472. The molecule has 0 radical (unpaired) electrons. The molecule has 7 heteroatoms. The number of thiophene rings is 1. The van der Waals surface area contributed by atoms with E-state index >= 15 is 0 Å². The van der Waals surface area contributed by atoms with E-state index in [0.29, 0.717) is 4.34 Å². The number of rotatable bonds is 3. The number of halogens is 1. The molecule has 0 spiro atoms. The highest BCUT2D eigenvalue weighted by Gasteiger charge is 2.26. The highest BCUT2D eigenvalue weighted by molar-refractivity contribution is 7.91. The minimum atomic E-state index is -3.39. The molecule has 0 aromatic carbocycles. The van der Waals surface area contributed by atoms with Crippen molar-refractivity contribution in [3.8, 4) is 0 Å². The molecular weight excluding hydrogens is 268 g/mol. The van der Waals surface area contributed by atoms with Crippen LogP contribution in [-0.4, -0.2) is 39.5 Å². The molecule has 1 aliphatic heterocycles. The maximum atomic E-state index is 11.9. The van der Waals surface area contributed by atoms with Crippen LogP contribution < -0.4 is 4.72 Å². The van der Waals surface area contributed by atoms with Crippen LogP contribution in [-0.2, 0) is 10.0 Å². The third-order valence-electron chi connectivity index (χ3n) is 2.53. The Morgan fingerprint density at radius 1 is 1.56 bits per heavy atom. The normalized spacial score (nSPS) is 22.8. The summed E-state index contributed by atoms with van der Waals surface area (Å²) in [7, 11) is -1.41. The van der Waals surface area contributed by atoms with E-state index in [1.54, 1.807) is 6.07 Å². The maximum Gasteiger partial charge on any atom is 0.250 e. The molecule has 16 heavy (non-hydrogen) atoms. The molecule has 1 aromatic rings. The van der Waals surface area contributed by atoms with Gasteiger partial charge in [0, 0.05) is 12.6 Å². The molecule has 2 rings (SSSR count). The fourth-order valence-electron chi connectivity index (χ4n) is 1.75. The summed E-state index contributed by atoms with van der Waals surface area (Å²) in [5, 5.41) is 0. The van der Waals surface area contributed by atoms with Crippen molar-refractivity contribution in [2.45, 2.75) is 16.7 Å². The lowest BCUT2D eigenvalue weighted by Gasteiger charge is -2.11. The highest BCUT2D eigenvalue weighted by atomic mass is 35.5. The number of likely N-dealkylation sites (N-methyl/N-ethyl adjacent to an activating group) is 1. The van der Waals surface area contributed by atoms with Crippen molar-refractivity contribution in [1.29, 1.82) is 0 Å². The second-order valence-electron chi connectivity index (χ2n) is 3.93. The van der Waals surface area contributed by atoms with Crippen molar-refractivity contribution in [2.24, 2.45) is 0 Å². The van der Waals surface area contributed by atoms with Crippen molar-refractivity contribution in [1.82, 2.24) is 9.62 Å². The number of sulfonamides is 1. The Kier molecular flexibility index (Phi) is 3.56. The summed E-state index contributed by atoms with van der Waals surface area (Å²) in [5.41, 5.74) is 0. The van der Waals surface area contributed by atoms with Crippen molar-refractivity contribution >= 4 is 33.0 Å². The van der Waals surface area contributed by atoms with Gasteiger partial charge in [0.1, 0.15) is 4.21 Å². The Hall–Kier alpha value is -0.140. The molecule has 0 amide bonds. The number of hydrogen-bond donors (Lipinski definition) is 1. The van der Waals surface area contributed by atoms with Crippen LogP contribution in [0.15, 0.2) is 16.3 Å². The van der Waals surface area contributed by atoms with Gasteiger partial charge in [-0.15, -0.1) is 11.3 Å². The van der Waals surface area contributed by atoms with Gasteiger partial charge in [0.05, 0.1) is 4.34 Å². The summed E-state index contributed by atoms with van der Waals surface area (Å²) in [6, 6.07) is 3.14. The molecule has 4 nitrogen and oxygen atoms in total. The van der Waals surface area contributed by atoms with E-state index in [1.165, 1.54) is 6.07 Å². The Morgan fingerprint density at radius 3 is 2.81 bits per heavy atom. The standard InChI is InChI=1S/C9H13ClN2O2S2/c1-12-5-4-7(6-12)11-16(13,14)9-3-2-8(10)15-9/h2-3,7,11H,4-6H2,1H3. The number of nitrogens with one attached hydrogen (secondary N) is 1. The van der Waals surface area contributed by atoms with Crippen LogP contribution in [0.4, 0.5) is 0 Å². The lowest BCUT2D eigenvalue weighted by Crippen LogP contribution is -2.36. The van der Waals surface area contributed by atoms with Crippen LogP contribution in [0, 0.1) is 0 Å². The summed E-state index contributed by atoms with van der Waals surface area (Å²) in [4.78, 5) is 2.11. The molecule has 0 saturated carbocycles. The van der Waals surface area contributed by atoms with Gasteiger partial charge < -0.3 is 4.90 Å². The van der Waals surface area contributed by atoms with Crippen LogP contribution in [0.2, 0.25) is 4.34 Å². The zero-order chi connectivity index (χ0) is 11.8. The van der Waals surface area contributed by atoms with E-state index in [1.807, 2.05) is 7.05 Å². The van der Waals surface area contributed by atoms with Crippen LogP contribution in [0.1, 0.15) is 6.42 Å². The van der Waals surface area contributed by atoms with Gasteiger partial charge in [-0.25, -0.2) is 13.1 Å². The first-order chi connectivity index (χ1) is 7.47. The van der Waals surface area contributed by atoms with Gasteiger partial charge in [-0.1, -0.05) is 11.6 Å². The first-order valence-corrected chi connectivity index (χ1v) is 7.61. The molecule has 1 unspecified atom stereocenters. The van der Waals surface area contributed by atoms with E-state index in [4.69, 9.17) is 11.6 Å². The lowest BCUT2D eigenvalue weighted by molar-refractivity contribution is 0.407. The minimum Gasteiger partial charge on any atom is -0.305 e. The number of hydrogen-bond acceptors (Lipinski definition) is 4. The van der Waals surface area contributed by atoms with E-state index in [-0.39, 0.29) is 10.3 Å². The van der Waals surface area contributed by atoms with Gasteiger partial charge >= 0.3 is 0 Å². The van der Waals surface area contributed by atoms with Crippen LogP contribution in [0.25, 0.3) is 0 Å². The molecule has 1 atom stereocenters. The van der Waals surface area contributed by atoms with E-state index in [0.717, 1.165) is 30.8 Å². The van der Waals surface area contributed by atoms with E-state index in [2.05, 4.69) is 9.62 Å². The zero-order valence-corrected chi connectivity index (χ0v) is 11.2. The van der Waals surface area contributed by atoms with Crippen LogP contribution in [0.3, 0.4) is 0 Å². The van der Waals surface area contributed by atoms with Crippen molar-refractivity contribution in [3.63, 3.8) is 0 Å². The zero-order valence-electron chi connectivity index (χ0n) is 8.81. The summed E-state index contributed by atoms with van der Waals surface area (Å²) < 4.78 is 27.3. The molecule has 90 valence electrons. The predicted octanol–water partition coefficient (Wildman–Crippen LogP) is 1.38. The maximum absolute atomic E-state index is 11.9. The summed E-state index contributed by atoms with van der Waals surface area (Å²) >= 11 is 6.80. The van der Waals surface area contributed by atoms with Gasteiger partial charge in [0.25, 0.3) is 0 Å². The Balaban J connectivity index is 2.09. The summed E-state index contributed by atoms with van der Waals surface area (Å²) in [5.74, 6) is 0. The molecule has 1 saturated heterocycles. The van der Waals surface area contributed by atoms with Gasteiger partial charge in [0.15, 0.2) is 0 Å². The molecule has 0 aliphatic carbocycles. The van der Waals surface area contributed by atoms with Gasteiger partial charge in [0.2, 0.25) is 10.0 Å². The van der Waals surface area contributed by atoms with Crippen molar-refractivity contribution in [2.75, 3.05) is 20.1 Å². The largest absolute Gasteiger partial charge is 0.305 e. The Morgan fingerprint density at radius 2 is 2.31 bits per heavy atom. The second kappa shape index (κ2) is 4.62. The summed E-state index contributed by atoms with van der Waals surface area (Å²) in [6.07, 6.45) is 0.856. The third kappa shape index (κ3) is 2.75. The average Bonchev–Trinajstić information content (AvgIpc) is 2.75. The summed E-state index contributed by atoms with van der Waals surface area (Å²) in [6.45, 7) is 1.69. The number of likely N-dealkylation sites (tertiary alicyclic amines) is 1. The smallest absolute Gasteiger partial charge is 0.250 e. The minimum absolute atomic E-state index is 0.0101. The second-order valence-corrected chi connectivity index (χ2v) is 7.58. The molecule has 0 bridgehead atoms. The molecule has 2 heterocycles. The SMILES string of the molecule is CN1CCC(NS(=O)(=O)c2ccc(Cl)s2)C1. The monoisotopic (exact) mass is 280 g/mol. The van der Waals surface area contributed by atoms with Gasteiger partial charge in [-0.2, -0.15) is 0 Å². The fraction of sp³-hybridized carbons (Fsp3) is 0.556. The molecule has 1 aliphatic rings. The van der Waals surface area contributed by atoms with Crippen molar-refractivity contribution < 1.29 is 8.42 Å². The topological polar surface area (TPSA) is 49.4 Å². The van der Waals surface area contributed by atoms with Gasteiger partial charge in [-0.05, 0) is 32.1 Å². The first-order valence-electron chi connectivity index (χ1n) is 4.93. The lowest BCUT2D eigenvalue weighted by atomic mass is 10.3. The molecule has 1 fully saturated rings. The van der Waals surface area contributed by atoms with Crippen LogP contribution in [0.5, 0.6) is 0 Å².